The first kappa shape index (κ1) is 12.3. The standard InChI is InChI=1S/C15H15N5/c1-20-11-10-16-14(20)13(12-6-3-2-4-7-12)19-15-17-8-5-9-18-15/h2-11,13H,1H3,(H,17,18,19)/t13-/m0/s1. The van der Waals surface area contributed by atoms with Crippen LogP contribution in [0.1, 0.15) is 17.4 Å². The van der Waals surface area contributed by atoms with E-state index in [9.17, 15) is 0 Å². The molecular weight excluding hydrogens is 250 g/mol. The van der Waals surface area contributed by atoms with E-state index in [2.05, 4.69) is 32.4 Å². The number of anilines is 1. The van der Waals surface area contributed by atoms with Crippen LogP contribution in [0, 0.1) is 0 Å². The quantitative estimate of drug-likeness (QED) is 0.787. The van der Waals surface area contributed by atoms with Crippen molar-refractivity contribution in [2.24, 2.45) is 7.05 Å². The van der Waals surface area contributed by atoms with E-state index in [1.165, 1.54) is 0 Å². The average molecular weight is 265 g/mol. The Balaban J connectivity index is 1.98. The van der Waals surface area contributed by atoms with Crippen molar-refractivity contribution in [1.82, 2.24) is 19.5 Å². The lowest BCUT2D eigenvalue weighted by atomic mass is 10.1. The minimum atomic E-state index is -0.0846. The molecular formula is C15H15N5. The van der Waals surface area contributed by atoms with E-state index in [0.29, 0.717) is 5.95 Å². The Morgan fingerprint density at radius 3 is 2.35 bits per heavy atom. The Kier molecular flexibility index (Phi) is 3.41. The van der Waals surface area contributed by atoms with E-state index in [-0.39, 0.29) is 6.04 Å². The largest absolute Gasteiger partial charge is 0.340 e. The lowest BCUT2D eigenvalue weighted by Crippen LogP contribution is -2.18. The normalized spacial score (nSPS) is 12.1. The molecule has 0 unspecified atom stereocenters. The van der Waals surface area contributed by atoms with Gasteiger partial charge >= 0.3 is 0 Å². The van der Waals surface area contributed by atoms with Crippen LogP contribution in [0.5, 0.6) is 0 Å². The predicted molar refractivity (Wildman–Crippen MR) is 77.1 cm³/mol. The zero-order valence-electron chi connectivity index (χ0n) is 11.1. The number of imidazole rings is 1. The molecule has 0 aliphatic rings. The highest BCUT2D eigenvalue weighted by atomic mass is 15.2. The number of hydrogen-bond acceptors (Lipinski definition) is 4. The van der Waals surface area contributed by atoms with Crippen molar-refractivity contribution < 1.29 is 0 Å². The maximum absolute atomic E-state index is 4.43. The number of nitrogens with one attached hydrogen (secondary N) is 1. The van der Waals surface area contributed by atoms with Gasteiger partial charge < -0.3 is 9.88 Å². The Morgan fingerprint density at radius 2 is 1.70 bits per heavy atom. The summed E-state index contributed by atoms with van der Waals surface area (Å²) in [5, 5.41) is 3.33. The van der Waals surface area contributed by atoms with E-state index in [1.54, 1.807) is 24.7 Å². The molecule has 0 radical (unpaired) electrons. The van der Waals surface area contributed by atoms with Gasteiger partial charge in [0.1, 0.15) is 11.9 Å². The molecule has 0 spiro atoms. The minimum absolute atomic E-state index is 0.0846. The molecule has 2 heterocycles. The monoisotopic (exact) mass is 265 g/mol. The SMILES string of the molecule is Cn1ccnc1[C@@H](Nc1ncccn1)c1ccccc1. The van der Waals surface area contributed by atoms with Crippen molar-refractivity contribution in [1.29, 1.82) is 0 Å². The summed E-state index contributed by atoms with van der Waals surface area (Å²) < 4.78 is 1.99. The van der Waals surface area contributed by atoms with Crippen molar-refractivity contribution in [2.45, 2.75) is 6.04 Å². The number of nitrogens with zero attached hydrogens (tertiary/aromatic N) is 4. The number of aryl methyl sites for hydroxylation is 1. The summed E-state index contributed by atoms with van der Waals surface area (Å²) in [4.78, 5) is 12.9. The molecule has 0 saturated heterocycles. The number of hydrogen-bond donors (Lipinski definition) is 1. The molecule has 20 heavy (non-hydrogen) atoms. The van der Waals surface area contributed by atoms with E-state index in [1.807, 2.05) is 36.0 Å². The van der Waals surface area contributed by atoms with Crippen LogP contribution in [-0.2, 0) is 7.05 Å². The summed E-state index contributed by atoms with van der Waals surface area (Å²) in [7, 11) is 1.98. The molecule has 3 rings (SSSR count). The van der Waals surface area contributed by atoms with Crippen LogP contribution in [0.15, 0.2) is 61.2 Å². The van der Waals surface area contributed by atoms with E-state index >= 15 is 0 Å². The van der Waals surface area contributed by atoms with Crippen molar-refractivity contribution in [3.63, 3.8) is 0 Å². The highest BCUT2D eigenvalue weighted by Gasteiger charge is 2.18. The first-order valence-electron chi connectivity index (χ1n) is 6.40. The second-order valence-corrected chi connectivity index (χ2v) is 4.46. The van der Waals surface area contributed by atoms with E-state index in [0.717, 1.165) is 11.4 Å². The van der Waals surface area contributed by atoms with Gasteiger partial charge in [0.2, 0.25) is 5.95 Å². The molecule has 1 aromatic carbocycles. The fourth-order valence-corrected chi connectivity index (χ4v) is 2.10. The highest BCUT2D eigenvalue weighted by Crippen LogP contribution is 2.23. The van der Waals surface area contributed by atoms with Gasteiger partial charge in [-0.2, -0.15) is 0 Å². The predicted octanol–water partition coefficient (Wildman–Crippen LogP) is 2.41. The van der Waals surface area contributed by atoms with Crippen LogP contribution in [-0.4, -0.2) is 19.5 Å². The highest BCUT2D eigenvalue weighted by molar-refractivity contribution is 5.36. The molecule has 5 nitrogen and oxygen atoms in total. The van der Waals surface area contributed by atoms with E-state index in [4.69, 9.17) is 0 Å². The second-order valence-electron chi connectivity index (χ2n) is 4.46. The van der Waals surface area contributed by atoms with Crippen LogP contribution >= 0.6 is 0 Å². The van der Waals surface area contributed by atoms with Crippen LogP contribution in [0.4, 0.5) is 5.95 Å². The molecule has 0 aliphatic heterocycles. The van der Waals surface area contributed by atoms with Gasteiger partial charge in [-0.1, -0.05) is 30.3 Å². The average Bonchev–Trinajstić information content (AvgIpc) is 2.93. The molecule has 1 atom stereocenters. The fourth-order valence-electron chi connectivity index (χ4n) is 2.10. The van der Waals surface area contributed by atoms with E-state index < -0.39 is 0 Å². The third kappa shape index (κ3) is 2.51. The molecule has 0 aliphatic carbocycles. The Labute approximate surface area is 117 Å². The lowest BCUT2D eigenvalue weighted by molar-refractivity contribution is 0.742. The molecule has 5 heteroatoms. The summed E-state index contributed by atoms with van der Waals surface area (Å²) in [5.41, 5.74) is 1.12. The van der Waals surface area contributed by atoms with Crippen LogP contribution in [0.3, 0.4) is 0 Å². The number of aromatic nitrogens is 4. The maximum Gasteiger partial charge on any atom is 0.223 e. The van der Waals surface area contributed by atoms with Gasteiger partial charge in [0.05, 0.1) is 0 Å². The Bertz CT molecular complexity index is 663. The molecule has 1 N–H and O–H groups in total. The van der Waals surface area contributed by atoms with Gasteiger partial charge in [-0.15, -0.1) is 0 Å². The summed E-state index contributed by atoms with van der Waals surface area (Å²) in [6.45, 7) is 0. The van der Waals surface area contributed by atoms with Crippen LogP contribution in [0.25, 0.3) is 0 Å². The smallest absolute Gasteiger partial charge is 0.223 e. The van der Waals surface area contributed by atoms with Crippen molar-refractivity contribution in [3.8, 4) is 0 Å². The van der Waals surface area contributed by atoms with Gasteiger partial charge in [-0.3, -0.25) is 0 Å². The maximum atomic E-state index is 4.43. The lowest BCUT2D eigenvalue weighted by Gasteiger charge is -2.18. The fraction of sp³-hybridized carbons (Fsp3) is 0.133. The van der Waals surface area contributed by atoms with Crippen molar-refractivity contribution in [3.05, 3.63) is 72.6 Å². The molecule has 100 valence electrons. The topological polar surface area (TPSA) is 55.6 Å². The number of rotatable bonds is 4. The second kappa shape index (κ2) is 5.52. The van der Waals surface area contributed by atoms with Crippen LogP contribution < -0.4 is 5.32 Å². The van der Waals surface area contributed by atoms with Gasteiger partial charge in [0, 0.05) is 31.8 Å². The minimum Gasteiger partial charge on any atom is -0.340 e. The number of benzene rings is 1. The summed E-state index contributed by atoms with van der Waals surface area (Å²) >= 11 is 0. The summed E-state index contributed by atoms with van der Waals surface area (Å²) in [6.07, 6.45) is 7.16. The van der Waals surface area contributed by atoms with Crippen LogP contribution in [0.2, 0.25) is 0 Å². The van der Waals surface area contributed by atoms with Crippen molar-refractivity contribution in [2.75, 3.05) is 5.32 Å². The molecule has 3 aromatic rings. The molecule has 2 aromatic heterocycles. The molecule has 0 amide bonds. The zero-order chi connectivity index (χ0) is 13.8. The molecule has 0 fully saturated rings. The molecule has 0 bridgehead atoms. The van der Waals surface area contributed by atoms with Crippen molar-refractivity contribution >= 4 is 5.95 Å². The molecule has 0 saturated carbocycles. The van der Waals surface area contributed by atoms with Gasteiger partial charge in [-0.25, -0.2) is 15.0 Å². The summed E-state index contributed by atoms with van der Waals surface area (Å²) in [6, 6.07) is 11.9. The van der Waals surface area contributed by atoms with Gasteiger partial charge in [0.15, 0.2) is 0 Å². The third-order valence-corrected chi connectivity index (χ3v) is 3.09. The third-order valence-electron chi connectivity index (χ3n) is 3.09. The zero-order valence-corrected chi connectivity index (χ0v) is 11.1. The Hall–Kier alpha value is -2.69. The first-order chi connectivity index (χ1) is 9.84. The summed E-state index contributed by atoms with van der Waals surface area (Å²) in [5.74, 6) is 1.51. The van der Waals surface area contributed by atoms with Gasteiger partial charge in [0.25, 0.3) is 0 Å². The Morgan fingerprint density at radius 1 is 0.950 bits per heavy atom. The van der Waals surface area contributed by atoms with Gasteiger partial charge in [-0.05, 0) is 11.6 Å². The first-order valence-corrected chi connectivity index (χ1v) is 6.40.